The van der Waals surface area contributed by atoms with Gasteiger partial charge in [0.15, 0.2) is 0 Å². The molecule has 0 radical (unpaired) electrons. The SMILES string of the molecule is Cc1cc(/C=N/NC(=O)CN2CCOCC2)c(C)n1-c1sc2c(c1C#N)CCCC2. The van der Waals surface area contributed by atoms with Crippen LogP contribution < -0.4 is 5.43 Å². The minimum Gasteiger partial charge on any atom is -0.379 e. The molecule has 2 aliphatic rings. The largest absolute Gasteiger partial charge is 0.379 e. The third-order valence-corrected chi connectivity index (χ3v) is 7.08. The molecule has 4 rings (SSSR count). The molecule has 3 heterocycles. The van der Waals surface area contributed by atoms with Crippen LogP contribution in [-0.4, -0.2) is 54.4 Å². The van der Waals surface area contributed by atoms with Crippen molar-refractivity contribution in [1.82, 2.24) is 14.9 Å². The summed E-state index contributed by atoms with van der Waals surface area (Å²) >= 11 is 1.74. The van der Waals surface area contributed by atoms with Crippen molar-refractivity contribution in [2.45, 2.75) is 39.5 Å². The Bertz CT molecular complexity index is 1010. The number of nitrogens with one attached hydrogen (secondary N) is 1. The summed E-state index contributed by atoms with van der Waals surface area (Å²) in [6, 6.07) is 4.50. The summed E-state index contributed by atoms with van der Waals surface area (Å²) in [4.78, 5) is 15.5. The number of aromatic nitrogens is 1. The molecule has 1 fully saturated rings. The zero-order valence-electron chi connectivity index (χ0n) is 17.5. The van der Waals surface area contributed by atoms with Gasteiger partial charge in [-0.25, -0.2) is 5.43 Å². The number of carbonyl (C=O) groups is 1. The first-order valence-electron chi connectivity index (χ1n) is 10.4. The zero-order valence-corrected chi connectivity index (χ0v) is 18.3. The number of fused-ring (bicyclic) bond motifs is 1. The van der Waals surface area contributed by atoms with Crippen molar-refractivity contribution in [2.75, 3.05) is 32.8 Å². The topological polar surface area (TPSA) is 82.7 Å². The van der Waals surface area contributed by atoms with Crippen molar-refractivity contribution < 1.29 is 9.53 Å². The van der Waals surface area contributed by atoms with Crippen LogP contribution in [0.25, 0.3) is 5.00 Å². The fourth-order valence-electron chi connectivity index (χ4n) is 4.23. The van der Waals surface area contributed by atoms with Crippen LogP contribution in [0.4, 0.5) is 0 Å². The maximum atomic E-state index is 12.1. The summed E-state index contributed by atoms with van der Waals surface area (Å²) in [6.45, 7) is 7.27. The molecule has 1 aliphatic carbocycles. The molecule has 0 aromatic carbocycles. The highest BCUT2D eigenvalue weighted by molar-refractivity contribution is 7.15. The molecule has 0 atom stereocenters. The minimum atomic E-state index is -0.125. The van der Waals surface area contributed by atoms with Gasteiger partial charge in [0, 0.05) is 34.9 Å². The van der Waals surface area contributed by atoms with Crippen molar-refractivity contribution in [3.63, 3.8) is 0 Å². The van der Waals surface area contributed by atoms with Crippen LogP contribution in [0.2, 0.25) is 0 Å². The Balaban J connectivity index is 1.50. The quantitative estimate of drug-likeness (QED) is 0.590. The van der Waals surface area contributed by atoms with Crippen molar-refractivity contribution in [2.24, 2.45) is 5.10 Å². The molecule has 0 spiro atoms. The fourth-order valence-corrected chi connectivity index (χ4v) is 5.68. The number of hydrogen-bond acceptors (Lipinski definition) is 6. The van der Waals surface area contributed by atoms with E-state index in [1.54, 1.807) is 17.6 Å². The Morgan fingerprint density at radius 2 is 2.10 bits per heavy atom. The van der Waals surface area contributed by atoms with Gasteiger partial charge in [0.05, 0.1) is 31.5 Å². The predicted octanol–water partition coefficient (Wildman–Crippen LogP) is 2.69. The summed E-state index contributed by atoms with van der Waals surface area (Å²) < 4.78 is 7.45. The van der Waals surface area contributed by atoms with E-state index >= 15 is 0 Å². The Morgan fingerprint density at radius 1 is 1.33 bits per heavy atom. The number of nitrogens with zero attached hydrogens (tertiary/aromatic N) is 4. The third-order valence-electron chi connectivity index (χ3n) is 5.80. The second-order valence-corrected chi connectivity index (χ2v) is 8.93. The van der Waals surface area contributed by atoms with Crippen LogP contribution in [0.15, 0.2) is 11.2 Å². The molecule has 30 heavy (non-hydrogen) atoms. The van der Waals surface area contributed by atoms with Gasteiger partial charge in [0.2, 0.25) is 0 Å². The molecule has 1 saturated heterocycles. The highest BCUT2D eigenvalue weighted by atomic mass is 32.1. The van der Waals surface area contributed by atoms with Crippen molar-refractivity contribution >= 4 is 23.5 Å². The van der Waals surface area contributed by atoms with Crippen molar-refractivity contribution in [1.29, 1.82) is 5.26 Å². The van der Waals surface area contributed by atoms with Gasteiger partial charge < -0.3 is 9.30 Å². The maximum Gasteiger partial charge on any atom is 0.254 e. The lowest BCUT2D eigenvalue weighted by Gasteiger charge is -2.25. The Morgan fingerprint density at radius 3 is 2.87 bits per heavy atom. The van der Waals surface area contributed by atoms with Gasteiger partial charge >= 0.3 is 0 Å². The van der Waals surface area contributed by atoms with Gasteiger partial charge in [-0.05, 0) is 51.2 Å². The molecule has 1 aliphatic heterocycles. The number of carbonyl (C=O) groups excluding carboxylic acids is 1. The number of amides is 1. The molecule has 1 amide bonds. The Labute approximate surface area is 180 Å². The van der Waals surface area contributed by atoms with Crippen molar-refractivity contribution in [3.8, 4) is 11.1 Å². The van der Waals surface area contributed by atoms with Crippen LogP contribution in [0, 0.1) is 25.2 Å². The lowest BCUT2D eigenvalue weighted by Crippen LogP contribution is -2.42. The maximum absolute atomic E-state index is 12.1. The second-order valence-electron chi connectivity index (χ2n) is 7.85. The van der Waals surface area contributed by atoms with Gasteiger partial charge in [-0.1, -0.05) is 0 Å². The minimum absolute atomic E-state index is 0.125. The van der Waals surface area contributed by atoms with E-state index in [1.165, 1.54) is 16.9 Å². The lowest BCUT2D eigenvalue weighted by molar-refractivity contribution is -0.123. The summed E-state index contributed by atoms with van der Waals surface area (Å²) in [5, 5.41) is 15.0. The van der Waals surface area contributed by atoms with Gasteiger partial charge in [0.1, 0.15) is 11.1 Å². The monoisotopic (exact) mass is 425 g/mol. The molecule has 0 bridgehead atoms. The first-order valence-corrected chi connectivity index (χ1v) is 11.3. The van der Waals surface area contributed by atoms with E-state index in [0.717, 1.165) is 59.9 Å². The summed E-state index contributed by atoms with van der Waals surface area (Å²) in [7, 11) is 0. The zero-order chi connectivity index (χ0) is 21.1. The van der Waals surface area contributed by atoms with E-state index in [0.29, 0.717) is 19.8 Å². The molecular weight excluding hydrogens is 398 g/mol. The number of ether oxygens (including phenoxy) is 1. The fraction of sp³-hybridized carbons (Fsp3) is 0.500. The molecule has 0 saturated carbocycles. The Hall–Kier alpha value is -2.47. The first-order chi connectivity index (χ1) is 14.6. The molecular formula is C22H27N5O2S. The van der Waals surface area contributed by atoms with Gasteiger partial charge in [-0.3, -0.25) is 9.69 Å². The standard InChI is InChI=1S/C22H27N5O2S/c1-15-11-17(13-24-25-21(28)14-26-7-9-29-10-8-26)16(2)27(15)22-19(12-23)18-5-3-4-6-20(18)30-22/h11,13H,3-10,14H2,1-2H3,(H,25,28)/b24-13+. The third kappa shape index (κ3) is 4.19. The highest BCUT2D eigenvalue weighted by Crippen LogP contribution is 2.38. The van der Waals surface area contributed by atoms with E-state index < -0.39 is 0 Å². The highest BCUT2D eigenvalue weighted by Gasteiger charge is 2.23. The summed E-state index contributed by atoms with van der Waals surface area (Å²) in [5.41, 5.74) is 7.70. The summed E-state index contributed by atoms with van der Waals surface area (Å²) in [5.74, 6) is -0.125. The molecule has 158 valence electrons. The first kappa shape index (κ1) is 20.8. The van der Waals surface area contributed by atoms with E-state index in [4.69, 9.17) is 4.74 Å². The van der Waals surface area contributed by atoms with E-state index in [2.05, 4.69) is 26.1 Å². The number of rotatable bonds is 5. The van der Waals surface area contributed by atoms with Gasteiger partial charge in [-0.15, -0.1) is 11.3 Å². The van der Waals surface area contributed by atoms with Crippen LogP contribution in [0.3, 0.4) is 0 Å². The smallest absolute Gasteiger partial charge is 0.254 e. The number of thiophene rings is 1. The van der Waals surface area contributed by atoms with E-state index in [1.807, 2.05) is 19.9 Å². The summed E-state index contributed by atoms with van der Waals surface area (Å²) in [6.07, 6.45) is 6.11. The van der Waals surface area contributed by atoms with Gasteiger partial charge in [-0.2, -0.15) is 10.4 Å². The van der Waals surface area contributed by atoms with Crippen LogP contribution >= 0.6 is 11.3 Å². The average Bonchev–Trinajstić information content (AvgIpc) is 3.24. The number of hydrazone groups is 1. The van der Waals surface area contributed by atoms with Crippen LogP contribution in [0.1, 0.15) is 45.8 Å². The number of hydrogen-bond donors (Lipinski definition) is 1. The molecule has 2 aromatic rings. The molecule has 0 unspecified atom stereocenters. The molecule has 7 nitrogen and oxygen atoms in total. The number of aryl methyl sites for hydroxylation is 2. The average molecular weight is 426 g/mol. The van der Waals surface area contributed by atoms with Crippen LogP contribution in [0.5, 0.6) is 0 Å². The molecule has 1 N–H and O–H groups in total. The Kier molecular flexibility index (Phi) is 6.32. The van der Waals surface area contributed by atoms with Crippen molar-refractivity contribution in [3.05, 3.63) is 39.0 Å². The number of morpholine rings is 1. The van der Waals surface area contributed by atoms with E-state index in [9.17, 15) is 10.1 Å². The van der Waals surface area contributed by atoms with Gasteiger partial charge in [0.25, 0.3) is 5.91 Å². The van der Waals surface area contributed by atoms with Crippen LogP contribution in [-0.2, 0) is 22.4 Å². The van der Waals surface area contributed by atoms with E-state index in [-0.39, 0.29) is 5.91 Å². The molecule has 8 heteroatoms. The lowest BCUT2D eigenvalue weighted by atomic mass is 9.96. The predicted molar refractivity (Wildman–Crippen MR) is 117 cm³/mol. The number of nitriles is 1. The molecule has 2 aromatic heterocycles. The normalized spacial score (nSPS) is 17.1. The second kappa shape index (κ2) is 9.13.